The van der Waals surface area contributed by atoms with Crippen LogP contribution in [-0.2, 0) is 9.53 Å². The third kappa shape index (κ3) is 3.21. The van der Waals surface area contributed by atoms with E-state index in [1.807, 2.05) is 6.07 Å². The number of hydrogen-bond acceptors (Lipinski definition) is 3. The van der Waals surface area contributed by atoms with Gasteiger partial charge in [-0.1, -0.05) is 0 Å². The Labute approximate surface area is 61.8 Å². The molecule has 0 rings (SSSR count). The van der Waals surface area contributed by atoms with Gasteiger partial charge in [0.2, 0.25) is 0 Å². The van der Waals surface area contributed by atoms with Gasteiger partial charge in [-0.05, 0) is 6.92 Å². The van der Waals surface area contributed by atoms with E-state index in [4.69, 9.17) is 5.26 Å². The molecule has 0 unspecified atom stereocenters. The van der Waals surface area contributed by atoms with Gasteiger partial charge in [0.05, 0.1) is 24.4 Å². The van der Waals surface area contributed by atoms with E-state index in [1.54, 1.807) is 6.92 Å². The van der Waals surface area contributed by atoms with E-state index < -0.39 is 5.97 Å². The van der Waals surface area contributed by atoms with Crippen molar-refractivity contribution in [3.63, 3.8) is 0 Å². The summed E-state index contributed by atoms with van der Waals surface area (Å²) in [5.74, 6) is -0.458. The number of nitriles is 1. The zero-order valence-electron chi connectivity index (χ0n) is 5.68. The minimum absolute atomic E-state index is 0.0652. The molecule has 4 heteroatoms. The molecule has 0 atom stereocenters. The van der Waals surface area contributed by atoms with Crippen molar-refractivity contribution < 1.29 is 9.53 Å². The maximum atomic E-state index is 10.7. The van der Waals surface area contributed by atoms with Crippen molar-refractivity contribution in [3.05, 3.63) is 0 Å². The lowest BCUT2D eigenvalue weighted by atomic mass is 10.3. The van der Waals surface area contributed by atoms with Crippen molar-refractivity contribution >= 4 is 20.1 Å². The zero-order chi connectivity index (χ0) is 7.98. The number of hydrogen-bond donors (Lipinski definition) is 0. The lowest BCUT2D eigenvalue weighted by Gasteiger charge is -1.98. The topological polar surface area (TPSA) is 50.1 Å². The third-order valence-electron chi connectivity index (χ3n) is 0.778. The third-order valence-corrected chi connectivity index (χ3v) is 1.16. The van der Waals surface area contributed by atoms with Crippen LogP contribution in [0.25, 0.3) is 0 Å². The van der Waals surface area contributed by atoms with E-state index >= 15 is 0 Å². The normalized spacial score (nSPS) is 8.00. The lowest BCUT2D eigenvalue weighted by molar-refractivity contribution is -0.134. The highest BCUT2D eigenvalue weighted by Crippen LogP contribution is 1.91. The fourth-order valence-corrected chi connectivity index (χ4v) is 0.521. The molecule has 0 aliphatic rings. The summed E-state index contributed by atoms with van der Waals surface area (Å²) in [4.78, 5) is 10.7. The van der Waals surface area contributed by atoms with Gasteiger partial charge in [0.25, 0.3) is 0 Å². The van der Waals surface area contributed by atoms with Crippen LogP contribution < -0.4 is 0 Å². The van der Waals surface area contributed by atoms with Gasteiger partial charge in [-0.15, -0.1) is 8.86 Å². The van der Waals surface area contributed by atoms with E-state index in [1.165, 1.54) is 0 Å². The Balaban J connectivity index is 3.74. The van der Waals surface area contributed by atoms with E-state index in [9.17, 15) is 4.79 Å². The maximum absolute atomic E-state index is 10.7. The van der Waals surface area contributed by atoms with Gasteiger partial charge < -0.3 is 4.74 Å². The summed E-state index contributed by atoms with van der Waals surface area (Å²) in [5, 5.41) is 8.41. The molecule has 0 aliphatic carbocycles. The zero-order valence-corrected chi connectivity index (χ0v) is 6.68. The summed E-state index contributed by atoms with van der Waals surface area (Å²) >= 11 is 0. The summed E-state index contributed by atoms with van der Waals surface area (Å²) in [6, 6.07) is 1.82. The number of rotatable bonds is 3. The fourth-order valence-electron chi connectivity index (χ4n) is 0.369. The van der Waals surface area contributed by atoms with Crippen LogP contribution in [0.2, 0.25) is 0 Å². The molecule has 0 heterocycles. The second-order valence-electron chi connectivity index (χ2n) is 1.53. The molecule has 0 radical (unpaired) electrons. The largest absolute Gasteiger partial charge is 0.462 e. The molecule has 0 amide bonds. The van der Waals surface area contributed by atoms with Gasteiger partial charge in [-0.3, -0.25) is 0 Å². The van der Waals surface area contributed by atoms with E-state index in [0.29, 0.717) is 6.61 Å². The summed E-state index contributed by atoms with van der Waals surface area (Å²) in [7, 11) is 2.97. The first kappa shape index (κ1) is 9.13. The molecule has 3 nitrogen and oxygen atoms in total. The molecule has 0 saturated heterocycles. The van der Waals surface area contributed by atoms with Crippen LogP contribution >= 0.6 is 8.86 Å². The Morgan fingerprint density at radius 2 is 2.40 bits per heavy atom. The molecule has 0 aromatic carbocycles. The number of carbonyl (C=O) groups is 1. The highest BCUT2D eigenvalue weighted by atomic mass is 31.0. The van der Waals surface area contributed by atoms with Crippen LogP contribution in [0.1, 0.15) is 13.3 Å². The van der Waals surface area contributed by atoms with E-state index in [2.05, 4.69) is 13.6 Å². The van der Waals surface area contributed by atoms with Crippen molar-refractivity contribution in [2.24, 2.45) is 0 Å². The summed E-state index contributed by atoms with van der Waals surface area (Å²) < 4.78 is 4.58. The molecule has 0 aromatic rings. The van der Waals surface area contributed by atoms with Crippen LogP contribution in [0.15, 0.2) is 0 Å². The monoisotopic (exact) mass is 157 g/mol. The molecule has 10 heavy (non-hydrogen) atoms. The van der Waals surface area contributed by atoms with Gasteiger partial charge in [-0.25, -0.2) is 4.79 Å². The first-order chi connectivity index (χ1) is 4.72. The van der Waals surface area contributed by atoms with Gasteiger partial charge >= 0.3 is 5.97 Å². The molecule has 54 valence electrons. The Morgan fingerprint density at radius 1 is 1.80 bits per heavy atom. The maximum Gasteiger partial charge on any atom is 0.339 e. The minimum atomic E-state index is -0.458. The lowest BCUT2D eigenvalue weighted by Crippen LogP contribution is -2.13. The van der Waals surface area contributed by atoms with E-state index in [-0.39, 0.29) is 11.7 Å². The van der Waals surface area contributed by atoms with Gasteiger partial charge in [-0.2, -0.15) is 5.26 Å². The fraction of sp³-hybridized carbons (Fsp3) is 0.500. The van der Waals surface area contributed by atoms with Crippen molar-refractivity contribution in [1.29, 1.82) is 5.26 Å². The van der Waals surface area contributed by atoms with Gasteiger partial charge in [0.1, 0.15) is 0 Å². The smallest absolute Gasteiger partial charge is 0.339 e. The molecule has 0 spiro atoms. The summed E-state index contributed by atoms with van der Waals surface area (Å²) in [6.07, 6.45) is 0.0652. The molecule has 0 saturated carbocycles. The minimum Gasteiger partial charge on any atom is -0.462 e. The second-order valence-corrected chi connectivity index (χ2v) is 2.14. The van der Waals surface area contributed by atoms with Crippen molar-refractivity contribution in [2.45, 2.75) is 13.3 Å². The van der Waals surface area contributed by atoms with Crippen LogP contribution in [0, 0.1) is 11.3 Å². The average molecular weight is 157 g/mol. The molecule has 0 bridgehead atoms. The van der Waals surface area contributed by atoms with Gasteiger partial charge in [0.15, 0.2) is 0 Å². The first-order valence-corrected chi connectivity index (χ1v) is 3.33. The molecular formula is C6H8NO2P. The van der Waals surface area contributed by atoms with Crippen molar-refractivity contribution in [3.8, 4) is 6.07 Å². The second kappa shape index (κ2) is 4.96. The Hall–Kier alpha value is -0.870. The molecule has 0 aliphatic heterocycles. The highest BCUT2D eigenvalue weighted by molar-refractivity contribution is 7.25. The van der Waals surface area contributed by atoms with Crippen molar-refractivity contribution in [1.82, 2.24) is 0 Å². The number of nitrogens with zero attached hydrogens (tertiary/aromatic N) is 1. The molecule has 0 N–H and O–H groups in total. The Morgan fingerprint density at radius 3 is 2.80 bits per heavy atom. The Kier molecular flexibility index (Phi) is 4.53. The predicted molar refractivity (Wildman–Crippen MR) is 40.2 cm³/mol. The van der Waals surface area contributed by atoms with Crippen LogP contribution in [0.5, 0.6) is 0 Å². The van der Waals surface area contributed by atoms with E-state index in [0.717, 1.165) is 0 Å². The standard InChI is InChI=1S/C6H8NO2P/c1-2-9-6(8)5(10)3-4-7/h10H,2-3H2,1H3. The van der Waals surface area contributed by atoms with Crippen LogP contribution in [-0.4, -0.2) is 17.9 Å². The highest BCUT2D eigenvalue weighted by Gasteiger charge is 2.06. The quantitative estimate of drug-likeness (QED) is 0.449. The summed E-state index contributed by atoms with van der Waals surface area (Å²) in [6.45, 7) is 2.04. The SMILES string of the molecule is CCOC(=O)C(=P)CC#N. The number of ether oxygens (including phenoxy) is 1. The molecule has 0 fully saturated rings. The number of carbonyl (C=O) groups excluding carboxylic acids is 1. The average Bonchev–Trinajstić information content (AvgIpc) is 1.89. The van der Waals surface area contributed by atoms with Crippen LogP contribution in [0.3, 0.4) is 0 Å². The number of esters is 1. The Bertz CT molecular complexity index is 183. The predicted octanol–water partition coefficient (Wildman–Crippen LogP) is 0.778. The van der Waals surface area contributed by atoms with Crippen molar-refractivity contribution in [2.75, 3.05) is 6.61 Å². The summed E-state index contributed by atoms with van der Waals surface area (Å²) in [5.41, 5.74) is 0. The molecule has 0 aromatic heterocycles. The first-order valence-electron chi connectivity index (χ1n) is 2.83. The molecular weight excluding hydrogens is 149 g/mol. The van der Waals surface area contributed by atoms with Gasteiger partial charge in [0, 0.05) is 0 Å². The van der Waals surface area contributed by atoms with Crippen LogP contribution in [0.4, 0.5) is 0 Å².